The van der Waals surface area contributed by atoms with Crippen LogP contribution < -0.4 is 46.3 Å². The van der Waals surface area contributed by atoms with Crippen LogP contribution in [0.5, 0.6) is 0 Å². The Hall–Kier alpha value is 1.60. The third kappa shape index (κ3) is 510. The summed E-state index contributed by atoms with van der Waals surface area (Å²) in [5.74, 6) is 0. The van der Waals surface area contributed by atoms with Crippen molar-refractivity contribution in [2.45, 2.75) is 0 Å². The molecular weight excluding hydrogens is 317 g/mol. The van der Waals surface area contributed by atoms with Crippen molar-refractivity contribution in [1.29, 1.82) is 0 Å². The minimum atomic E-state index is -5.62. The second-order valence-electron chi connectivity index (χ2n) is 0.756. The molecule has 12 heteroatoms. The predicted molar refractivity (Wildman–Crippen MR) is 2.75 cm³/mol. The van der Waals surface area contributed by atoms with Crippen molar-refractivity contribution in [3.05, 3.63) is 0 Å². The molecule has 1 radical (unpaired) electrons. The van der Waals surface area contributed by atoms with E-state index in [9.17, 15) is 0 Å². The molecule has 0 saturated carbocycles. The number of hydrogen-bond acceptors (Lipinski definition) is 8. The van der Waals surface area contributed by atoms with Crippen molar-refractivity contribution in [2.24, 2.45) is 0 Å². The molecule has 0 aromatic heterocycles. The van der Waals surface area contributed by atoms with Crippen LogP contribution in [0.3, 0.4) is 0 Å². The maximum atomic E-state index is 8.58. The molecule has 0 fully saturated rings. The number of rotatable bonds is 0. The summed E-state index contributed by atoms with van der Waals surface area (Å²) in [6, 6.07) is 0. The van der Waals surface area contributed by atoms with Crippen LogP contribution in [0.25, 0.3) is 0 Å². The first-order valence-electron chi connectivity index (χ1n) is 1.23. The summed E-state index contributed by atoms with van der Waals surface area (Å²) in [6.07, 6.45) is 0. The molecule has 0 amide bonds. The third-order valence-electron chi connectivity index (χ3n) is 0. The summed E-state index contributed by atoms with van der Waals surface area (Å²) in [5, 5.41) is 0. The third-order valence-corrected chi connectivity index (χ3v) is 0. The van der Waals surface area contributed by atoms with E-state index in [0.717, 1.165) is 0 Å². The molecule has 0 aliphatic carbocycles. The van der Waals surface area contributed by atoms with Crippen LogP contribution in [0.4, 0.5) is 0 Å². The summed E-state index contributed by atoms with van der Waals surface area (Å²) < 4.78 is 68.6. The normalized spacial score (nSPS) is 9.67. The molecule has 0 unspecified atom stereocenters. The Bertz CT molecular complexity index is 213. The monoisotopic (exact) mass is 317 g/mol. The SMILES string of the molecule is [Fe+3].[Na+].[O]=[Mn](=[O])([O-])[O-].[O]=[Mn](=[O])([O-])[O-]. The fourth-order valence-corrected chi connectivity index (χ4v) is 0. The van der Waals surface area contributed by atoms with E-state index >= 15 is 0 Å². The standard InChI is InChI=1S/Fe.2Mn.Na.8O/q+3;;;+1;;;;;4*-1. The van der Waals surface area contributed by atoms with Gasteiger partial charge in [-0.15, -0.1) is 0 Å². The van der Waals surface area contributed by atoms with Gasteiger partial charge in [-0.05, 0) is 0 Å². The molecule has 0 rings (SSSR count). The fourth-order valence-electron chi connectivity index (χ4n) is 0. The van der Waals surface area contributed by atoms with Gasteiger partial charge >= 0.3 is 105 Å². The summed E-state index contributed by atoms with van der Waals surface area (Å²) in [4.78, 5) is 0. The van der Waals surface area contributed by atoms with Gasteiger partial charge in [0.25, 0.3) is 0 Å². The minimum absolute atomic E-state index is 0. The summed E-state index contributed by atoms with van der Waals surface area (Å²) in [7, 11) is 0. The van der Waals surface area contributed by atoms with Gasteiger partial charge in [-0.25, -0.2) is 0 Å². The van der Waals surface area contributed by atoms with Crippen LogP contribution in [-0.2, 0) is 59.1 Å². The van der Waals surface area contributed by atoms with Gasteiger partial charge in [-0.2, -0.15) is 0 Å². The van der Waals surface area contributed by atoms with E-state index in [1.807, 2.05) is 0 Å². The summed E-state index contributed by atoms with van der Waals surface area (Å²) in [6.45, 7) is 0. The summed E-state index contributed by atoms with van der Waals surface area (Å²) in [5.41, 5.74) is 0. The maximum absolute atomic E-state index is 8.58. The van der Waals surface area contributed by atoms with Crippen LogP contribution in [0.1, 0.15) is 0 Å². The molecule has 0 aliphatic rings. The Morgan fingerprint density at radius 3 is 0.667 bits per heavy atom. The van der Waals surface area contributed by atoms with Crippen molar-refractivity contribution in [3.8, 4) is 0 Å². The Morgan fingerprint density at radius 1 is 0.667 bits per heavy atom. The van der Waals surface area contributed by atoms with Crippen LogP contribution in [-0.4, -0.2) is 0 Å². The molecule has 0 aliphatic heterocycles. The Morgan fingerprint density at radius 2 is 0.667 bits per heavy atom. The zero-order chi connectivity index (χ0) is 9.00. The van der Waals surface area contributed by atoms with E-state index < -0.39 is 26.7 Å². The van der Waals surface area contributed by atoms with Gasteiger partial charge in [0.1, 0.15) is 0 Å². The molecule has 0 aromatic rings. The van der Waals surface area contributed by atoms with Gasteiger partial charge in [0.2, 0.25) is 0 Å². The molecule has 71 valence electrons. The molecule has 12 heavy (non-hydrogen) atoms. The molecule has 0 spiro atoms. The Kier molecular flexibility index (Phi) is 17.9. The van der Waals surface area contributed by atoms with E-state index in [2.05, 4.69) is 0 Å². The topological polar surface area (TPSA) is 161 Å². The van der Waals surface area contributed by atoms with Crippen molar-refractivity contribution < 1.29 is 105 Å². The molecule has 8 nitrogen and oxygen atoms in total. The number of hydrogen-bond donors (Lipinski definition) is 0. The van der Waals surface area contributed by atoms with Gasteiger partial charge in [-0.1, -0.05) is 0 Å². The van der Waals surface area contributed by atoms with Crippen molar-refractivity contribution in [1.82, 2.24) is 0 Å². The molecule has 0 atom stereocenters. The molecule has 0 N–H and O–H groups in total. The average Bonchev–Trinajstić information content (AvgIpc) is 1.12. The van der Waals surface area contributed by atoms with Gasteiger partial charge < -0.3 is 0 Å². The average molecular weight is 317 g/mol. The Balaban J connectivity index is -0.0000000457. The van der Waals surface area contributed by atoms with Gasteiger partial charge in [-0.3, -0.25) is 0 Å². The van der Waals surface area contributed by atoms with Gasteiger partial charge in [0, 0.05) is 0 Å². The van der Waals surface area contributed by atoms with Crippen LogP contribution in [0, 0.1) is 0 Å². The van der Waals surface area contributed by atoms with E-state index in [-0.39, 0.29) is 46.6 Å². The van der Waals surface area contributed by atoms with Crippen LogP contribution in [0.15, 0.2) is 0 Å². The molecule has 0 saturated heterocycles. The zero-order valence-electron chi connectivity index (χ0n) is 5.38. The first-order valence-corrected chi connectivity index (χ1v) is 5.09. The van der Waals surface area contributed by atoms with Gasteiger partial charge in [0.05, 0.1) is 0 Å². The van der Waals surface area contributed by atoms with E-state index in [0.29, 0.717) is 0 Å². The van der Waals surface area contributed by atoms with E-state index in [4.69, 9.17) is 32.1 Å². The second kappa shape index (κ2) is 9.17. The molecule has 0 bridgehead atoms. The van der Waals surface area contributed by atoms with Crippen LogP contribution in [0.2, 0.25) is 0 Å². The van der Waals surface area contributed by atoms with Crippen LogP contribution >= 0.6 is 0 Å². The van der Waals surface area contributed by atoms with E-state index in [1.165, 1.54) is 0 Å². The first-order chi connectivity index (χ1) is 4.00. The quantitative estimate of drug-likeness (QED) is 0.398. The fraction of sp³-hybridized carbons (Fsp3) is 0. The van der Waals surface area contributed by atoms with Crippen molar-refractivity contribution >= 4 is 0 Å². The predicted octanol–water partition coefficient (Wildman–Crippen LogP) is -8.23. The zero-order valence-corrected chi connectivity index (χ0v) is 10.8. The van der Waals surface area contributed by atoms with Crippen molar-refractivity contribution in [3.63, 3.8) is 0 Å². The van der Waals surface area contributed by atoms with Crippen molar-refractivity contribution in [2.75, 3.05) is 0 Å². The summed E-state index contributed by atoms with van der Waals surface area (Å²) >= 11 is -11.2. The van der Waals surface area contributed by atoms with Gasteiger partial charge in [0.15, 0.2) is 0 Å². The Labute approximate surface area is 104 Å². The second-order valence-corrected chi connectivity index (χ2v) is 3.12. The first kappa shape index (κ1) is 23.4. The molecular formula is FeMn2NaO8. The molecule has 0 heterocycles. The molecule has 0 aromatic carbocycles. The van der Waals surface area contributed by atoms with E-state index in [1.54, 1.807) is 0 Å².